The van der Waals surface area contributed by atoms with Crippen LogP contribution in [0.2, 0.25) is 0 Å². The van der Waals surface area contributed by atoms with Crippen LogP contribution in [-0.4, -0.2) is 48.6 Å². The van der Waals surface area contributed by atoms with Crippen molar-refractivity contribution in [1.82, 2.24) is 20.6 Å². The standard InChI is InChI=1S/C17H25N5O/c23-15(21-9-13-3-4-13)17-5-1-6-18-10-14(17)11-22(12-17)16-19-7-2-8-20-16/h2,7-8,13-14,18H,1,3-6,9-12H2,(H,21,23)/t14-,17-/m0/s1. The molecule has 23 heavy (non-hydrogen) atoms. The molecule has 3 fully saturated rings. The summed E-state index contributed by atoms with van der Waals surface area (Å²) in [5.41, 5.74) is -0.294. The van der Waals surface area contributed by atoms with Crippen LogP contribution in [0.1, 0.15) is 25.7 Å². The van der Waals surface area contributed by atoms with Crippen LogP contribution in [-0.2, 0) is 4.79 Å². The fourth-order valence-electron chi connectivity index (χ4n) is 4.04. The second kappa shape index (κ2) is 6.07. The van der Waals surface area contributed by atoms with E-state index < -0.39 is 0 Å². The maximum absolute atomic E-state index is 13.1. The molecule has 2 N–H and O–H groups in total. The third kappa shape index (κ3) is 2.92. The lowest BCUT2D eigenvalue weighted by Gasteiger charge is -2.31. The van der Waals surface area contributed by atoms with E-state index in [4.69, 9.17) is 0 Å². The highest BCUT2D eigenvalue weighted by Crippen LogP contribution is 2.42. The van der Waals surface area contributed by atoms with E-state index in [0.717, 1.165) is 51.5 Å². The second-order valence-electron chi connectivity index (χ2n) is 7.24. The lowest BCUT2D eigenvalue weighted by atomic mass is 9.74. The Labute approximate surface area is 137 Å². The molecule has 0 unspecified atom stereocenters. The molecule has 4 rings (SSSR count). The van der Waals surface area contributed by atoms with Gasteiger partial charge in [-0.25, -0.2) is 9.97 Å². The summed E-state index contributed by atoms with van der Waals surface area (Å²) in [4.78, 5) is 24.0. The number of nitrogens with zero attached hydrogens (tertiary/aromatic N) is 3. The lowest BCUT2D eigenvalue weighted by Crippen LogP contribution is -2.48. The van der Waals surface area contributed by atoms with Gasteiger partial charge >= 0.3 is 0 Å². The fraction of sp³-hybridized carbons (Fsp3) is 0.706. The highest BCUT2D eigenvalue weighted by atomic mass is 16.2. The summed E-state index contributed by atoms with van der Waals surface area (Å²) in [6, 6.07) is 1.83. The van der Waals surface area contributed by atoms with Gasteiger partial charge in [-0.2, -0.15) is 0 Å². The van der Waals surface area contributed by atoms with Gasteiger partial charge in [-0.05, 0) is 44.2 Å². The molecule has 3 aliphatic rings. The SMILES string of the molecule is O=C(NCC1CC1)[C@]12CCCNC[C@H]1CN(c1ncccn1)C2. The largest absolute Gasteiger partial charge is 0.355 e. The number of hydrogen-bond acceptors (Lipinski definition) is 5. The van der Waals surface area contributed by atoms with Crippen molar-refractivity contribution in [1.29, 1.82) is 0 Å². The van der Waals surface area contributed by atoms with Gasteiger partial charge in [0.2, 0.25) is 11.9 Å². The molecule has 2 saturated heterocycles. The van der Waals surface area contributed by atoms with Crippen molar-refractivity contribution in [2.24, 2.45) is 17.3 Å². The molecule has 3 heterocycles. The average Bonchev–Trinajstić information content (AvgIpc) is 3.38. The predicted octanol–water partition coefficient (Wildman–Crippen LogP) is 0.809. The average molecular weight is 315 g/mol. The number of aromatic nitrogens is 2. The highest BCUT2D eigenvalue weighted by Gasteiger charge is 2.52. The molecule has 1 amide bonds. The quantitative estimate of drug-likeness (QED) is 0.860. The molecule has 0 aromatic carbocycles. The van der Waals surface area contributed by atoms with Gasteiger partial charge in [-0.15, -0.1) is 0 Å². The smallest absolute Gasteiger partial charge is 0.228 e. The Morgan fingerprint density at radius 1 is 1.39 bits per heavy atom. The minimum absolute atomic E-state index is 0.247. The Morgan fingerprint density at radius 3 is 3.00 bits per heavy atom. The Bertz CT molecular complexity index is 561. The van der Waals surface area contributed by atoms with E-state index >= 15 is 0 Å². The number of rotatable bonds is 4. The van der Waals surface area contributed by atoms with Crippen LogP contribution < -0.4 is 15.5 Å². The van der Waals surface area contributed by atoms with Crippen molar-refractivity contribution in [3.63, 3.8) is 0 Å². The van der Waals surface area contributed by atoms with E-state index in [1.165, 1.54) is 12.8 Å². The van der Waals surface area contributed by atoms with Gasteiger partial charge in [-0.1, -0.05) is 0 Å². The van der Waals surface area contributed by atoms with E-state index in [-0.39, 0.29) is 11.3 Å². The van der Waals surface area contributed by atoms with Crippen LogP contribution in [0.25, 0.3) is 0 Å². The Morgan fingerprint density at radius 2 is 2.22 bits per heavy atom. The molecule has 1 aromatic heterocycles. The number of fused-ring (bicyclic) bond motifs is 1. The summed E-state index contributed by atoms with van der Waals surface area (Å²) in [5, 5.41) is 6.74. The number of carbonyl (C=O) groups is 1. The Hall–Kier alpha value is -1.69. The van der Waals surface area contributed by atoms with Crippen LogP contribution in [0.15, 0.2) is 18.5 Å². The van der Waals surface area contributed by atoms with Crippen molar-refractivity contribution >= 4 is 11.9 Å². The van der Waals surface area contributed by atoms with Gasteiger partial charge in [-0.3, -0.25) is 4.79 Å². The van der Waals surface area contributed by atoms with Crippen LogP contribution in [0, 0.1) is 17.3 Å². The highest BCUT2D eigenvalue weighted by molar-refractivity contribution is 5.84. The molecule has 2 atom stereocenters. The second-order valence-corrected chi connectivity index (χ2v) is 7.24. The van der Waals surface area contributed by atoms with Crippen LogP contribution in [0.4, 0.5) is 5.95 Å². The summed E-state index contributed by atoms with van der Waals surface area (Å²) in [6.07, 6.45) is 8.08. The third-order valence-corrected chi connectivity index (χ3v) is 5.60. The van der Waals surface area contributed by atoms with Gasteiger partial charge in [0.15, 0.2) is 0 Å². The molecular formula is C17H25N5O. The van der Waals surface area contributed by atoms with Crippen molar-refractivity contribution in [3.8, 4) is 0 Å². The summed E-state index contributed by atoms with van der Waals surface area (Å²) >= 11 is 0. The number of anilines is 1. The minimum Gasteiger partial charge on any atom is -0.355 e. The van der Waals surface area contributed by atoms with Gasteiger partial charge in [0.1, 0.15) is 0 Å². The number of carbonyl (C=O) groups excluding carboxylic acids is 1. The zero-order chi connectivity index (χ0) is 15.7. The summed E-state index contributed by atoms with van der Waals surface area (Å²) in [7, 11) is 0. The lowest BCUT2D eigenvalue weighted by molar-refractivity contribution is -0.132. The third-order valence-electron chi connectivity index (χ3n) is 5.60. The zero-order valence-electron chi connectivity index (χ0n) is 13.5. The Kier molecular flexibility index (Phi) is 3.93. The molecule has 1 saturated carbocycles. The van der Waals surface area contributed by atoms with Crippen LogP contribution in [0.5, 0.6) is 0 Å². The first-order valence-corrected chi connectivity index (χ1v) is 8.79. The van der Waals surface area contributed by atoms with Crippen molar-refractivity contribution in [2.45, 2.75) is 25.7 Å². The number of amides is 1. The van der Waals surface area contributed by atoms with Gasteiger partial charge < -0.3 is 15.5 Å². The zero-order valence-corrected chi connectivity index (χ0v) is 13.5. The van der Waals surface area contributed by atoms with Gasteiger partial charge in [0.05, 0.1) is 5.41 Å². The van der Waals surface area contributed by atoms with E-state index in [0.29, 0.717) is 11.8 Å². The molecule has 6 nitrogen and oxygen atoms in total. The normalized spacial score (nSPS) is 30.6. The van der Waals surface area contributed by atoms with E-state index in [2.05, 4.69) is 25.5 Å². The predicted molar refractivity (Wildman–Crippen MR) is 88.0 cm³/mol. The van der Waals surface area contributed by atoms with Crippen molar-refractivity contribution in [2.75, 3.05) is 37.6 Å². The van der Waals surface area contributed by atoms with Crippen LogP contribution in [0.3, 0.4) is 0 Å². The van der Waals surface area contributed by atoms with Crippen molar-refractivity contribution < 1.29 is 4.79 Å². The summed E-state index contributed by atoms with van der Waals surface area (Å²) < 4.78 is 0. The molecule has 0 radical (unpaired) electrons. The molecular weight excluding hydrogens is 290 g/mol. The minimum atomic E-state index is -0.294. The van der Waals surface area contributed by atoms with Crippen LogP contribution >= 0.6 is 0 Å². The monoisotopic (exact) mass is 315 g/mol. The summed E-state index contributed by atoms with van der Waals surface area (Å²) in [5.74, 6) is 2.03. The first kappa shape index (κ1) is 14.9. The molecule has 0 bridgehead atoms. The molecule has 0 spiro atoms. The molecule has 6 heteroatoms. The fourth-order valence-corrected chi connectivity index (χ4v) is 4.04. The van der Waals surface area contributed by atoms with E-state index in [9.17, 15) is 4.79 Å². The molecule has 1 aliphatic carbocycles. The first-order valence-electron chi connectivity index (χ1n) is 8.79. The van der Waals surface area contributed by atoms with E-state index in [1.54, 1.807) is 12.4 Å². The molecule has 124 valence electrons. The summed E-state index contributed by atoms with van der Waals surface area (Å²) in [6.45, 7) is 4.35. The van der Waals surface area contributed by atoms with Crippen molar-refractivity contribution in [3.05, 3.63) is 18.5 Å². The molecule has 1 aromatic rings. The maximum atomic E-state index is 13.1. The topological polar surface area (TPSA) is 70.2 Å². The Balaban J connectivity index is 1.55. The first-order chi connectivity index (χ1) is 11.3. The number of nitrogens with one attached hydrogen (secondary N) is 2. The van der Waals surface area contributed by atoms with Gasteiger partial charge in [0, 0.05) is 44.5 Å². The number of hydrogen-bond donors (Lipinski definition) is 2. The van der Waals surface area contributed by atoms with Gasteiger partial charge in [0.25, 0.3) is 0 Å². The van der Waals surface area contributed by atoms with E-state index in [1.807, 2.05) is 6.07 Å². The maximum Gasteiger partial charge on any atom is 0.228 e. The molecule has 2 aliphatic heterocycles.